The first-order valence-electron chi connectivity index (χ1n) is 6.69. The summed E-state index contributed by atoms with van der Waals surface area (Å²) in [6.07, 6.45) is 0.911. The number of nitrogens with two attached hydrogens (primary N) is 1. The van der Waals surface area contributed by atoms with Crippen molar-refractivity contribution >= 4 is 5.91 Å². The molecule has 1 aromatic carbocycles. The molecule has 1 fully saturated rings. The molecule has 3 nitrogen and oxygen atoms in total. The van der Waals surface area contributed by atoms with Crippen molar-refractivity contribution in [2.75, 3.05) is 13.1 Å². The van der Waals surface area contributed by atoms with Crippen LogP contribution in [0.3, 0.4) is 0 Å². The fraction of sp³-hybridized carbons (Fsp3) is 0.533. The summed E-state index contributed by atoms with van der Waals surface area (Å²) in [7, 11) is 0. The van der Waals surface area contributed by atoms with E-state index < -0.39 is 0 Å². The smallest absolute Gasteiger partial charge is 0.229 e. The van der Waals surface area contributed by atoms with Gasteiger partial charge in [-0.3, -0.25) is 4.79 Å². The number of rotatable bonds is 2. The highest BCUT2D eigenvalue weighted by Gasteiger charge is 2.29. The number of likely N-dealkylation sites (tertiary alicyclic amines) is 1. The van der Waals surface area contributed by atoms with E-state index in [1.807, 2.05) is 42.2 Å². The molecular formula is C15H22N2O. The van der Waals surface area contributed by atoms with Crippen LogP contribution in [0.5, 0.6) is 0 Å². The van der Waals surface area contributed by atoms with E-state index in [1.54, 1.807) is 0 Å². The van der Waals surface area contributed by atoms with Crippen molar-refractivity contribution < 1.29 is 4.79 Å². The third kappa shape index (κ3) is 2.72. The summed E-state index contributed by atoms with van der Waals surface area (Å²) < 4.78 is 0. The minimum absolute atomic E-state index is 0.0623. The second-order valence-corrected chi connectivity index (χ2v) is 5.35. The first kappa shape index (κ1) is 13.1. The Balaban J connectivity index is 2.03. The summed E-state index contributed by atoms with van der Waals surface area (Å²) in [6.45, 7) is 5.69. The van der Waals surface area contributed by atoms with Crippen LogP contribution in [0.4, 0.5) is 0 Å². The molecule has 18 heavy (non-hydrogen) atoms. The van der Waals surface area contributed by atoms with Crippen LogP contribution in [0.25, 0.3) is 0 Å². The SMILES string of the molecule is CC(C(=O)N1CCC(N)C(C)C1)c1ccccc1. The predicted octanol–water partition coefficient (Wildman–Crippen LogP) is 1.99. The maximum absolute atomic E-state index is 12.4. The molecule has 3 heteroatoms. The molecular weight excluding hydrogens is 224 g/mol. The zero-order valence-electron chi connectivity index (χ0n) is 11.2. The second-order valence-electron chi connectivity index (χ2n) is 5.35. The van der Waals surface area contributed by atoms with E-state index in [0.717, 1.165) is 25.1 Å². The molecule has 1 amide bonds. The molecule has 0 radical (unpaired) electrons. The van der Waals surface area contributed by atoms with Gasteiger partial charge in [-0.25, -0.2) is 0 Å². The second kappa shape index (κ2) is 5.53. The molecule has 0 aromatic heterocycles. The average molecular weight is 246 g/mol. The van der Waals surface area contributed by atoms with E-state index in [9.17, 15) is 4.79 Å². The number of piperidine rings is 1. The molecule has 1 aliphatic rings. The minimum Gasteiger partial charge on any atom is -0.342 e. The lowest BCUT2D eigenvalue weighted by Crippen LogP contribution is -2.49. The van der Waals surface area contributed by atoms with Crippen molar-refractivity contribution in [3.63, 3.8) is 0 Å². The highest BCUT2D eigenvalue weighted by molar-refractivity contribution is 5.83. The molecule has 0 aliphatic carbocycles. The molecule has 2 N–H and O–H groups in total. The normalized spacial score (nSPS) is 25.8. The van der Waals surface area contributed by atoms with E-state index in [0.29, 0.717) is 5.92 Å². The van der Waals surface area contributed by atoms with Gasteiger partial charge in [-0.1, -0.05) is 37.3 Å². The van der Waals surface area contributed by atoms with Crippen LogP contribution in [0.15, 0.2) is 30.3 Å². The Labute approximate surface area is 109 Å². The third-order valence-corrected chi connectivity index (χ3v) is 3.95. The fourth-order valence-corrected chi connectivity index (χ4v) is 2.52. The van der Waals surface area contributed by atoms with Crippen molar-refractivity contribution in [2.24, 2.45) is 11.7 Å². The Kier molecular flexibility index (Phi) is 4.02. The van der Waals surface area contributed by atoms with Crippen molar-refractivity contribution in [3.8, 4) is 0 Å². The molecule has 1 heterocycles. The Morgan fingerprint density at radius 3 is 2.67 bits per heavy atom. The zero-order chi connectivity index (χ0) is 13.1. The number of carbonyl (C=O) groups excluding carboxylic acids is 1. The van der Waals surface area contributed by atoms with Gasteiger partial charge in [0.1, 0.15) is 0 Å². The summed E-state index contributed by atoms with van der Waals surface area (Å²) in [5.41, 5.74) is 7.08. The average Bonchev–Trinajstić information content (AvgIpc) is 2.41. The van der Waals surface area contributed by atoms with Crippen molar-refractivity contribution in [1.29, 1.82) is 0 Å². The van der Waals surface area contributed by atoms with Gasteiger partial charge in [0.2, 0.25) is 5.91 Å². The topological polar surface area (TPSA) is 46.3 Å². The maximum atomic E-state index is 12.4. The summed E-state index contributed by atoms with van der Waals surface area (Å²) in [5, 5.41) is 0. The van der Waals surface area contributed by atoms with Gasteiger partial charge in [0.25, 0.3) is 0 Å². The van der Waals surface area contributed by atoms with Gasteiger partial charge >= 0.3 is 0 Å². The summed E-state index contributed by atoms with van der Waals surface area (Å²) >= 11 is 0. The molecule has 98 valence electrons. The number of carbonyl (C=O) groups is 1. The molecule has 2 rings (SSSR count). The van der Waals surface area contributed by atoms with Crippen LogP contribution in [-0.4, -0.2) is 29.9 Å². The van der Waals surface area contributed by atoms with Gasteiger partial charge in [-0.15, -0.1) is 0 Å². The van der Waals surface area contributed by atoms with Crippen LogP contribution >= 0.6 is 0 Å². The van der Waals surface area contributed by atoms with Gasteiger partial charge in [-0.05, 0) is 24.8 Å². The summed E-state index contributed by atoms with van der Waals surface area (Å²) in [4.78, 5) is 14.4. The monoisotopic (exact) mass is 246 g/mol. The quantitative estimate of drug-likeness (QED) is 0.867. The van der Waals surface area contributed by atoms with E-state index >= 15 is 0 Å². The lowest BCUT2D eigenvalue weighted by Gasteiger charge is -2.36. The number of hydrogen-bond donors (Lipinski definition) is 1. The molecule has 0 bridgehead atoms. The summed E-state index contributed by atoms with van der Waals surface area (Å²) in [5.74, 6) is 0.554. The first-order valence-corrected chi connectivity index (χ1v) is 6.69. The predicted molar refractivity (Wildman–Crippen MR) is 73.2 cm³/mol. The van der Waals surface area contributed by atoms with Crippen LogP contribution in [0.1, 0.15) is 31.7 Å². The molecule has 3 unspecified atom stereocenters. The Bertz CT molecular complexity index is 404. The van der Waals surface area contributed by atoms with Crippen LogP contribution in [0.2, 0.25) is 0 Å². The van der Waals surface area contributed by atoms with Crippen LogP contribution in [0, 0.1) is 5.92 Å². The van der Waals surface area contributed by atoms with Gasteiger partial charge in [0.15, 0.2) is 0 Å². The number of nitrogens with zero attached hydrogens (tertiary/aromatic N) is 1. The van der Waals surface area contributed by atoms with E-state index in [-0.39, 0.29) is 17.9 Å². The molecule has 0 saturated carbocycles. The largest absolute Gasteiger partial charge is 0.342 e. The van der Waals surface area contributed by atoms with Gasteiger partial charge < -0.3 is 10.6 Å². The highest BCUT2D eigenvalue weighted by Crippen LogP contribution is 2.22. The lowest BCUT2D eigenvalue weighted by molar-refractivity contribution is -0.134. The van der Waals surface area contributed by atoms with Crippen molar-refractivity contribution in [1.82, 2.24) is 4.90 Å². The van der Waals surface area contributed by atoms with Crippen molar-refractivity contribution in [2.45, 2.75) is 32.2 Å². The third-order valence-electron chi connectivity index (χ3n) is 3.95. The molecule has 1 aromatic rings. The maximum Gasteiger partial charge on any atom is 0.229 e. The van der Waals surface area contributed by atoms with Gasteiger partial charge in [-0.2, -0.15) is 0 Å². The Morgan fingerprint density at radius 1 is 1.39 bits per heavy atom. The zero-order valence-corrected chi connectivity index (χ0v) is 11.2. The molecule has 1 aliphatic heterocycles. The van der Waals surface area contributed by atoms with Crippen LogP contribution < -0.4 is 5.73 Å². The molecule has 3 atom stereocenters. The number of hydrogen-bond acceptors (Lipinski definition) is 2. The van der Waals surface area contributed by atoms with E-state index in [4.69, 9.17) is 5.73 Å². The summed E-state index contributed by atoms with van der Waals surface area (Å²) in [6, 6.07) is 10.2. The molecule has 1 saturated heterocycles. The molecule has 0 spiro atoms. The lowest BCUT2D eigenvalue weighted by atomic mass is 9.92. The number of benzene rings is 1. The van der Waals surface area contributed by atoms with Gasteiger partial charge in [0.05, 0.1) is 5.92 Å². The fourth-order valence-electron chi connectivity index (χ4n) is 2.52. The van der Waals surface area contributed by atoms with E-state index in [1.165, 1.54) is 0 Å². The Hall–Kier alpha value is -1.35. The first-order chi connectivity index (χ1) is 8.59. The van der Waals surface area contributed by atoms with Crippen LogP contribution in [-0.2, 0) is 4.79 Å². The standard InChI is InChI=1S/C15H22N2O/c1-11-10-17(9-8-14(11)16)15(18)12(2)13-6-4-3-5-7-13/h3-7,11-12,14H,8-10,16H2,1-2H3. The van der Waals surface area contributed by atoms with Gasteiger partial charge in [0, 0.05) is 19.1 Å². The number of amides is 1. The van der Waals surface area contributed by atoms with E-state index in [2.05, 4.69) is 6.92 Å². The Morgan fingerprint density at radius 2 is 2.06 bits per heavy atom. The highest BCUT2D eigenvalue weighted by atomic mass is 16.2. The minimum atomic E-state index is -0.0623. The van der Waals surface area contributed by atoms with Crippen molar-refractivity contribution in [3.05, 3.63) is 35.9 Å².